The Labute approximate surface area is 118 Å². The van der Waals surface area contributed by atoms with Gasteiger partial charge in [0.1, 0.15) is 6.10 Å². The first-order valence-corrected chi connectivity index (χ1v) is 6.72. The molecule has 2 heterocycles. The third-order valence-corrected chi connectivity index (χ3v) is 3.76. The van der Waals surface area contributed by atoms with Crippen molar-refractivity contribution in [1.82, 2.24) is 14.8 Å². The summed E-state index contributed by atoms with van der Waals surface area (Å²) in [6.07, 6.45) is 2.30. The molecule has 0 aliphatic heterocycles. The molecule has 0 saturated heterocycles. The number of rotatable bonds is 4. The van der Waals surface area contributed by atoms with Gasteiger partial charge in [-0.15, -0.1) is 0 Å². The van der Waals surface area contributed by atoms with Crippen LogP contribution in [0.25, 0.3) is 0 Å². The van der Waals surface area contributed by atoms with Crippen molar-refractivity contribution in [3.05, 3.63) is 46.0 Å². The Balaban J connectivity index is 2.28. The van der Waals surface area contributed by atoms with Crippen LogP contribution >= 0.6 is 11.6 Å². The number of aliphatic hydroxyl groups excluding tert-OH is 1. The van der Waals surface area contributed by atoms with Crippen molar-refractivity contribution in [2.75, 3.05) is 0 Å². The van der Waals surface area contributed by atoms with Crippen LogP contribution in [-0.4, -0.2) is 19.9 Å². The number of hydrogen-bond donors (Lipinski definition) is 1. The molecule has 102 valence electrons. The van der Waals surface area contributed by atoms with Gasteiger partial charge in [0.05, 0.1) is 22.1 Å². The number of halogens is 1. The van der Waals surface area contributed by atoms with E-state index in [1.165, 1.54) is 0 Å². The Morgan fingerprint density at radius 2 is 2.21 bits per heavy atom. The highest BCUT2D eigenvalue weighted by Gasteiger charge is 2.19. The predicted octanol–water partition coefficient (Wildman–Crippen LogP) is 2.62. The van der Waals surface area contributed by atoms with Crippen molar-refractivity contribution in [1.29, 1.82) is 0 Å². The molecule has 1 atom stereocenters. The minimum Gasteiger partial charge on any atom is -0.386 e. The number of hydrogen-bond acceptors (Lipinski definition) is 3. The molecule has 0 aromatic carbocycles. The van der Waals surface area contributed by atoms with E-state index in [2.05, 4.69) is 17.0 Å². The molecule has 0 amide bonds. The van der Waals surface area contributed by atoms with Crippen LogP contribution in [0.3, 0.4) is 0 Å². The summed E-state index contributed by atoms with van der Waals surface area (Å²) < 4.78 is 1.72. The van der Waals surface area contributed by atoms with E-state index in [0.717, 1.165) is 29.1 Å². The second-order valence-corrected chi connectivity index (χ2v) is 4.97. The molecular weight excluding hydrogens is 262 g/mol. The van der Waals surface area contributed by atoms with Crippen LogP contribution < -0.4 is 0 Å². The fourth-order valence-electron chi connectivity index (χ4n) is 2.23. The van der Waals surface area contributed by atoms with E-state index in [9.17, 15) is 5.11 Å². The zero-order valence-corrected chi connectivity index (χ0v) is 12.1. The summed E-state index contributed by atoms with van der Waals surface area (Å²) in [6, 6.07) is 3.87. The van der Waals surface area contributed by atoms with E-state index < -0.39 is 6.10 Å². The van der Waals surface area contributed by atoms with Gasteiger partial charge in [-0.25, -0.2) is 0 Å². The normalized spacial score (nSPS) is 12.7. The van der Waals surface area contributed by atoms with E-state index in [1.807, 2.05) is 26.1 Å². The quantitative estimate of drug-likeness (QED) is 0.936. The molecule has 2 rings (SSSR count). The molecule has 4 nitrogen and oxygen atoms in total. The van der Waals surface area contributed by atoms with Crippen LogP contribution in [0.4, 0.5) is 0 Å². The van der Waals surface area contributed by atoms with E-state index >= 15 is 0 Å². The van der Waals surface area contributed by atoms with E-state index in [-0.39, 0.29) is 0 Å². The topological polar surface area (TPSA) is 50.9 Å². The van der Waals surface area contributed by atoms with Crippen LogP contribution in [0.2, 0.25) is 5.02 Å². The second kappa shape index (κ2) is 5.72. The van der Waals surface area contributed by atoms with Gasteiger partial charge in [-0.1, -0.05) is 24.6 Å². The lowest BCUT2D eigenvalue weighted by Gasteiger charge is -2.14. The number of aliphatic hydroxyl groups is 1. The molecule has 5 heteroatoms. The summed E-state index contributed by atoms with van der Waals surface area (Å²) in [5, 5.41) is 15.3. The van der Waals surface area contributed by atoms with Gasteiger partial charge in [-0.05, 0) is 25.0 Å². The average molecular weight is 280 g/mol. The molecular formula is C14H18ClN3O. The van der Waals surface area contributed by atoms with Crippen LogP contribution in [0.1, 0.15) is 35.7 Å². The molecule has 19 heavy (non-hydrogen) atoms. The highest BCUT2D eigenvalue weighted by Crippen LogP contribution is 2.26. The minimum atomic E-state index is -0.663. The first kappa shape index (κ1) is 14.0. The Morgan fingerprint density at radius 3 is 2.79 bits per heavy atom. The molecule has 2 aromatic heterocycles. The van der Waals surface area contributed by atoms with Crippen molar-refractivity contribution >= 4 is 11.6 Å². The summed E-state index contributed by atoms with van der Waals surface area (Å²) in [5.41, 5.74) is 3.40. The van der Waals surface area contributed by atoms with Gasteiger partial charge in [0.2, 0.25) is 0 Å². The molecule has 0 fully saturated rings. The SMILES string of the molecule is CCc1cccnc1C(O)Cc1c(Cl)c(C)nn1C. The van der Waals surface area contributed by atoms with Gasteiger partial charge in [0, 0.05) is 19.7 Å². The maximum absolute atomic E-state index is 10.4. The number of aromatic nitrogens is 3. The lowest BCUT2D eigenvalue weighted by Crippen LogP contribution is -2.10. The Kier molecular flexibility index (Phi) is 4.22. The van der Waals surface area contributed by atoms with E-state index in [4.69, 9.17) is 11.6 Å². The minimum absolute atomic E-state index is 0.417. The first-order chi connectivity index (χ1) is 9.04. The van der Waals surface area contributed by atoms with E-state index in [1.54, 1.807) is 10.9 Å². The molecule has 0 saturated carbocycles. The molecule has 0 radical (unpaired) electrons. The molecule has 1 N–H and O–H groups in total. The van der Waals surface area contributed by atoms with Crippen molar-refractivity contribution in [3.63, 3.8) is 0 Å². The summed E-state index contributed by atoms with van der Waals surface area (Å²) >= 11 is 6.20. The molecule has 0 aliphatic rings. The monoisotopic (exact) mass is 279 g/mol. The van der Waals surface area contributed by atoms with Gasteiger partial charge in [0.25, 0.3) is 0 Å². The fourth-order valence-corrected chi connectivity index (χ4v) is 2.47. The lowest BCUT2D eigenvalue weighted by molar-refractivity contribution is 0.170. The van der Waals surface area contributed by atoms with Crippen LogP contribution in [0.15, 0.2) is 18.3 Å². The third-order valence-electron chi connectivity index (χ3n) is 3.27. The van der Waals surface area contributed by atoms with Crippen LogP contribution in [0.5, 0.6) is 0 Å². The molecule has 0 bridgehead atoms. The van der Waals surface area contributed by atoms with Crippen molar-refractivity contribution in [3.8, 4) is 0 Å². The average Bonchev–Trinajstić information content (AvgIpc) is 2.65. The summed E-state index contributed by atoms with van der Waals surface area (Å²) in [5.74, 6) is 0. The number of pyridine rings is 1. The zero-order valence-electron chi connectivity index (χ0n) is 11.4. The lowest BCUT2D eigenvalue weighted by atomic mass is 10.0. The van der Waals surface area contributed by atoms with Crippen LogP contribution in [0, 0.1) is 6.92 Å². The fraction of sp³-hybridized carbons (Fsp3) is 0.429. The van der Waals surface area contributed by atoms with E-state index in [0.29, 0.717) is 11.4 Å². The van der Waals surface area contributed by atoms with Gasteiger partial charge in [-0.2, -0.15) is 5.10 Å². The highest BCUT2D eigenvalue weighted by molar-refractivity contribution is 6.31. The summed E-state index contributed by atoms with van der Waals surface area (Å²) in [7, 11) is 1.83. The highest BCUT2D eigenvalue weighted by atomic mass is 35.5. The predicted molar refractivity (Wildman–Crippen MR) is 75.2 cm³/mol. The maximum Gasteiger partial charge on any atom is 0.102 e. The number of aryl methyl sites for hydroxylation is 3. The standard InChI is InChI=1S/C14H18ClN3O/c1-4-10-6-5-7-16-14(10)12(19)8-11-13(15)9(2)17-18(11)3/h5-7,12,19H,4,8H2,1-3H3. The van der Waals surface area contributed by atoms with Gasteiger partial charge in [-0.3, -0.25) is 9.67 Å². The Hall–Kier alpha value is -1.39. The van der Waals surface area contributed by atoms with Crippen molar-refractivity contribution in [2.45, 2.75) is 32.8 Å². The van der Waals surface area contributed by atoms with Gasteiger partial charge < -0.3 is 5.11 Å². The second-order valence-electron chi connectivity index (χ2n) is 4.59. The molecule has 1 unspecified atom stereocenters. The molecule has 0 aliphatic carbocycles. The molecule has 2 aromatic rings. The molecule has 0 spiro atoms. The summed E-state index contributed by atoms with van der Waals surface area (Å²) in [4.78, 5) is 4.29. The smallest absolute Gasteiger partial charge is 0.102 e. The van der Waals surface area contributed by atoms with Gasteiger partial charge in [0.15, 0.2) is 0 Å². The zero-order chi connectivity index (χ0) is 14.0. The van der Waals surface area contributed by atoms with Crippen molar-refractivity contribution < 1.29 is 5.11 Å². The third kappa shape index (κ3) is 2.80. The number of nitrogens with zero attached hydrogens (tertiary/aromatic N) is 3. The Morgan fingerprint density at radius 1 is 1.47 bits per heavy atom. The van der Waals surface area contributed by atoms with Crippen molar-refractivity contribution in [2.24, 2.45) is 7.05 Å². The largest absolute Gasteiger partial charge is 0.386 e. The van der Waals surface area contributed by atoms with Crippen LogP contribution in [-0.2, 0) is 19.9 Å². The Bertz CT molecular complexity index is 580. The summed E-state index contributed by atoms with van der Waals surface area (Å²) in [6.45, 7) is 3.91. The first-order valence-electron chi connectivity index (χ1n) is 6.34. The maximum atomic E-state index is 10.4. The van der Waals surface area contributed by atoms with Gasteiger partial charge >= 0.3 is 0 Å².